The van der Waals surface area contributed by atoms with E-state index in [4.69, 9.17) is 0 Å². The molecule has 3 aliphatic rings. The van der Waals surface area contributed by atoms with E-state index in [1.807, 2.05) is 11.3 Å². The number of hydrogen-bond donors (Lipinski definition) is 0. The summed E-state index contributed by atoms with van der Waals surface area (Å²) in [4.78, 5) is 2.51. The molecule has 5 aromatic rings. The van der Waals surface area contributed by atoms with Crippen molar-refractivity contribution in [3.8, 4) is 0 Å². The molecule has 8 rings (SSSR count). The van der Waals surface area contributed by atoms with Gasteiger partial charge in [0.25, 0.3) is 0 Å². The number of rotatable bonds is 5. The Balaban J connectivity index is 1.19. The maximum absolute atomic E-state index is 2.57. The summed E-state index contributed by atoms with van der Waals surface area (Å²) >= 11 is 1.92. The van der Waals surface area contributed by atoms with Crippen LogP contribution in [-0.4, -0.2) is 0 Å². The van der Waals surface area contributed by atoms with Gasteiger partial charge in [0.15, 0.2) is 0 Å². The van der Waals surface area contributed by atoms with Crippen molar-refractivity contribution in [3.63, 3.8) is 0 Å². The monoisotopic (exact) mass is 567 g/mol. The van der Waals surface area contributed by atoms with Gasteiger partial charge in [-0.15, -0.1) is 11.3 Å². The van der Waals surface area contributed by atoms with Crippen molar-refractivity contribution in [2.24, 2.45) is 11.8 Å². The highest BCUT2D eigenvalue weighted by Crippen LogP contribution is 2.47. The molecule has 3 unspecified atom stereocenters. The van der Waals surface area contributed by atoms with Crippen LogP contribution < -0.4 is 4.90 Å². The maximum Gasteiger partial charge on any atom is 0.0640 e. The van der Waals surface area contributed by atoms with E-state index >= 15 is 0 Å². The van der Waals surface area contributed by atoms with Gasteiger partial charge in [-0.05, 0) is 110 Å². The molecule has 1 heterocycles. The highest BCUT2D eigenvalue weighted by Gasteiger charge is 2.30. The zero-order valence-corrected chi connectivity index (χ0v) is 25.6. The largest absolute Gasteiger partial charge is 0.309 e. The van der Waals surface area contributed by atoms with Crippen LogP contribution in [0.4, 0.5) is 17.1 Å². The average molecular weight is 568 g/mol. The van der Waals surface area contributed by atoms with Gasteiger partial charge in [0.2, 0.25) is 0 Å². The van der Waals surface area contributed by atoms with E-state index in [9.17, 15) is 0 Å². The van der Waals surface area contributed by atoms with Gasteiger partial charge < -0.3 is 4.90 Å². The Morgan fingerprint density at radius 2 is 1.33 bits per heavy atom. The Morgan fingerprint density at radius 3 is 2.07 bits per heavy atom. The number of anilines is 3. The van der Waals surface area contributed by atoms with Gasteiger partial charge in [-0.1, -0.05) is 92.4 Å². The summed E-state index contributed by atoms with van der Waals surface area (Å²) in [5.41, 5.74) is 8.50. The second kappa shape index (κ2) is 11.0. The summed E-state index contributed by atoms with van der Waals surface area (Å²) in [6.07, 6.45) is 14.7. The molecule has 0 radical (unpaired) electrons. The fourth-order valence-electron chi connectivity index (χ4n) is 8.47. The van der Waals surface area contributed by atoms with Crippen molar-refractivity contribution < 1.29 is 0 Å². The Morgan fingerprint density at radius 1 is 0.643 bits per heavy atom. The van der Waals surface area contributed by atoms with E-state index in [1.54, 1.807) is 5.57 Å². The molecular formula is C40H41NS. The normalized spacial score (nSPS) is 22.8. The third-order valence-corrected chi connectivity index (χ3v) is 11.6. The molecule has 42 heavy (non-hydrogen) atoms. The summed E-state index contributed by atoms with van der Waals surface area (Å²) in [5, 5.41) is 2.71. The zero-order valence-electron chi connectivity index (χ0n) is 24.8. The molecule has 212 valence electrons. The highest BCUT2D eigenvalue weighted by atomic mass is 32.1. The second-order valence-electron chi connectivity index (χ2n) is 13.4. The van der Waals surface area contributed by atoms with Gasteiger partial charge in [0, 0.05) is 26.8 Å². The lowest BCUT2D eigenvalue weighted by Gasteiger charge is -2.36. The Hall–Kier alpha value is -3.36. The molecule has 2 fully saturated rings. The predicted octanol–water partition coefficient (Wildman–Crippen LogP) is 12.4. The fraction of sp³-hybridized carbons (Fsp3) is 0.350. The van der Waals surface area contributed by atoms with Crippen LogP contribution in [-0.2, 0) is 0 Å². The summed E-state index contributed by atoms with van der Waals surface area (Å²) < 4.78 is 2.72. The van der Waals surface area contributed by atoms with Crippen LogP contribution in [0.15, 0.2) is 103 Å². The average Bonchev–Trinajstić information content (AvgIpc) is 3.41. The van der Waals surface area contributed by atoms with Crippen LogP contribution in [0.1, 0.15) is 87.7 Å². The quantitative estimate of drug-likeness (QED) is 0.191. The lowest BCUT2D eigenvalue weighted by molar-refractivity contribution is 0.309. The van der Waals surface area contributed by atoms with Crippen molar-refractivity contribution in [1.82, 2.24) is 0 Å². The third kappa shape index (κ3) is 4.88. The minimum Gasteiger partial charge on any atom is -0.309 e. The first-order valence-corrected chi connectivity index (χ1v) is 17.1. The van der Waals surface area contributed by atoms with E-state index in [0.29, 0.717) is 5.92 Å². The molecule has 3 atom stereocenters. The van der Waals surface area contributed by atoms with Gasteiger partial charge in [0.05, 0.1) is 10.4 Å². The van der Waals surface area contributed by atoms with E-state index in [-0.39, 0.29) is 0 Å². The van der Waals surface area contributed by atoms with Gasteiger partial charge in [-0.3, -0.25) is 0 Å². The van der Waals surface area contributed by atoms with E-state index < -0.39 is 0 Å². The molecular weight excluding hydrogens is 527 g/mol. The Labute approximate surface area is 254 Å². The van der Waals surface area contributed by atoms with Gasteiger partial charge >= 0.3 is 0 Å². The van der Waals surface area contributed by atoms with Crippen molar-refractivity contribution in [3.05, 3.63) is 114 Å². The number of hydrogen-bond acceptors (Lipinski definition) is 2. The Bertz CT molecular complexity index is 1730. The molecule has 0 N–H and O–H groups in total. The smallest absolute Gasteiger partial charge is 0.0640 e. The van der Waals surface area contributed by atoms with E-state index in [0.717, 1.165) is 17.8 Å². The molecule has 2 heteroatoms. The molecule has 0 aliphatic heterocycles. The number of nitrogens with zero attached hydrogens (tertiary/aromatic N) is 1. The van der Waals surface area contributed by atoms with Crippen molar-refractivity contribution in [2.75, 3.05) is 4.90 Å². The van der Waals surface area contributed by atoms with Crippen molar-refractivity contribution >= 4 is 48.6 Å². The lowest BCUT2D eigenvalue weighted by Crippen LogP contribution is -2.22. The molecule has 3 aliphatic carbocycles. The summed E-state index contributed by atoms with van der Waals surface area (Å²) in [5.74, 6) is 3.00. The van der Waals surface area contributed by atoms with Gasteiger partial charge in [-0.2, -0.15) is 0 Å². The van der Waals surface area contributed by atoms with Crippen LogP contribution in [0.25, 0.3) is 20.2 Å². The number of allylic oxidation sites excluding steroid dienone is 2. The minimum atomic E-state index is 0.658. The molecule has 1 aromatic heterocycles. The molecule has 4 aromatic carbocycles. The van der Waals surface area contributed by atoms with E-state index in [2.05, 4.69) is 109 Å². The third-order valence-electron chi connectivity index (χ3n) is 10.4. The topological polar surface area (TPSA) is 3.24 Å². The maximum atomic E-state index is 2.57. The molecule has 2 bridgehead atoms. The molecule has 0 saturated heterocycles. The SMILES string of the molecule is CC1C=C2CC(C1)CC(c1ccc(N(c3ccc(C4CCCCC4)cc3)c3cccc4c3sc3ccccc34)cc1)C2. The van der Waals surface area contributed by atoms with Crippen molar-refractivity contribution in [1.29, 1.82) is 0 Å². The summed E-state index contributed by atoms with van der Waals surface area (Å²) in [7, 11) is 0. The second-order valence-corrected chi connectivity index (χ2v) is 14.4. The van der Waals surface area contributed by atoms with Gasteiger partial charge in [0.1, 0.15) is 0 Å². The fourth-order valence-corrected chi connectivity index (χ4v) is 9.67. The zero-order chi connectivity index (χ0) is 28.0. The number of thiophene rings is 1. The molecule has 0 spiro atoms. The van der Waals surface area contributed by atoms with Crippen LogP contribution in [0, 0.1) is 11.8 Å². The van der Waals surface area contributed by atoms with Crippen LogP contribution >= 0.6 is 11.3 Å². The van der Waals surface area contributed by atoms with Crippen LogP contribution in [0.5, 0.6) is 0 Å². The highest BCUT2D eigenvalue weighted by molar-refractivity contribution is 7.26. The first-order valence-electron chi connectivity index (χ1n) is 16.3. The first-order chi connectivity index (χ1) is 20.7. The minimum absolute atomic E-state index is 0.658. The van der Waals surface area contributed by atoms with Crippen LogP contribution in [0.3, 0.4) is 0 Å². The summed E-state index contributed by atoms with van der Waals surface area (Å²) in [6.45, 7) is 2.40. The number of benzene rings is 4. The summed E-state index contributed by atoms with van der Waals surface area (Å²) in [6, 6.07) is 34.9. The van der Waals surface area contributed by atoms with Crippen LogP contribution in [0.2, 0.25) is 0 Å². The number of fused-ring (bicyclic) bond motifs is 5. The van der Waals surface area contributed by atoms with Gasteiger partial charge in [-0.25, -0.2) is 0 Å². The lowest BCUT2D eigenvalue weighted by atomic mass is 9.69. The molecule has 1 nitrogen and oxygen atoms in total. The molecule has 0 amide bonds. The predicted molar refractivity (Wildman–Crippen MR) is 182 cm³/mol. The van der Waals surface area contributed by atoms with Crippen molar-refractivity contribution in [2.45, 2.75) is 76.5 Å². The van der Waals surface area contributed by atoms with E-state index in [1.165, 1.54) is 106 Å². The Kier molecular flexibility index (Phi) is 6.91. The molecule has 2 saturated carbocycles. The first kappa shape index (κ1) is 26.3. The standard InChI is InChI=1S/C40H41NS/c1-27-22-28-24-29(23-27)26-33(25-28)32-16-20-35(21-17-32)41(34-18-14-31(15-19-34)30-8-3-2-4-9-30)38-12-7-11-37-36-10-5-6-13-39(36)42-40(37)38/h5-7,10-22,27,29-30,33H,2-4,8-9,23-26H2,1H3.